The van der Waals surface area contributed by atoms with Gasteiger partial charge in [0, 0.05) is 26.8 Å². The quantitative estimate of drug-likeness (QED) is 0.180. The molecule has 26 heavy (non-hydrogen) atoms. The first-order valence-electron chi connectivity index (χ1n) is 6.60. The van der Waals surface area contributed by atoms with Gasteiger partial charge in [0.15, 0.2) is 0 Å². The van der Waals surface area contributed by atoms with Crippen LogP contribution in [-0.2, 0) is 9.59 Å². The highest BCUT2D eigenvalue weighted by atomic mass is 79.9. The molecule has 2 rings (SSSR count). The molecule has 0 unspecified atom stereocenters. The summed E-state index contributed by atoms with van der Waals surface area (Å²) in [6.07, 6.45) is 0. The summed E-state index contributed by atoms with van der Waals surface area (Å²) in [6, 6.07) is 7.06. The Morgan fingerprint density at radius 3 is 1.19 bits per heavy atom. The Morgan fingerprint density at radius 2 is 0.846 bits per heavy atom. The summed E-state index contributed by atoms with van der Waals surface area (Å²) >= 11 is 20.2. The van der Waals surface area contributed by atoms with Crippen molar-refractivity contribution in [3.63, 3.8) is 0 Å². The molecule has 0 aliphatic heterocycles. The van der Waals surface area contributed by atoms with E-state index in [9.17, 15) is 9.59 Å². The monoisotopic (exact) mass is 738 g/mol. The Morgan fingerprint density at radius 1 is 0.538 bits per heavy atom. The predicted octanol–water partition coefficient (Wildman–Crippen LogP) is 5.85. The number of rotatable bonds is 4. The zero-order valence-corrected chi connectivity index (χ0v) is 21.9. The third kappa shape index (κ3) is 5.93. The first-order chi connectivity index (χ1) is 12.2. The summed E-state index contributed by atoms with van der Waals surface area (Å²) in [4.78, 5) is 23.8. The van der Waals surface area contributed by atoms with E-state index < -0.39 is 11.8 Å². The number of nitrogens with one attached hydrogen (secondary N) is 4. The normalized spacial score (nSPS) is 10.2. The molecule has 2 amide bonds. The van der Waals surface area contributed by atoms with Crippen LogP contribution in [-0.4, -0.2) is 11.8 Å². The third-order valence-corrected chi connectivity index (χ3v) is 7.85. The Hall–Kier alpha value is -0.140. The highest BCUT2D eigenvalue weighted by Gasteiger charge is 2.15. The highest BCUT2D eigenvalue weighted by molar-refractivity contribution is 9.13. The fraction of sp³-hybridized carbons (Fsp3) is 0. The molecule has 0 aliphatic rings. The molecule has 0 radical (unpaired) electrons. The maximum atomic E-state index is 11.9. The van der Waals surface area contributed by atoms with Gasteiger partial charge in [-0.25, -0.2) is 0 Å². The van der Waals surface area contributed by atoms with Gasteiger partial charge in [-0.1, -0.05) is 0 Å². The van der Waals surface area contributed by atoms with Gasteiger partial charge in [-0.2, -0.15) is 0 Å². The molecule has 0 aliphatic carbocycles. The molecule has 0 aromatic heterocycles. The molecule has 4 N–H and O–H groups in total. The van der Waals surface area contributed by atoms with Gasteiger partial charge in [0.05, 0.1) is 11.4 Å². The van der Waals surface area contributed by atoms with E-state index in [4.69, 9.17) is 0 Å². The lowest BCUT2D eigenvalue weighted by atomic mass is 10.3. The fourth-order valence-electron chi connectivity index (χ4n) is 1.60. The number of hydrazine groups is 2. The Labute approximate surface area is 199 Å². The predicted molar refractivity (Wildman–Crippen MR) is 123 cm³/mol. The van der Waals surface area contributed by atoms with Crippen LogP contribution in [0.25, 0.3) is 0 Å². The number of halogens is 6. The van der Waals surface area contributed by atoms with E-state index in [1.807, 2.05) is 0 Å². The van der Waals surface area contributed by atoms with Crippen LogP contribution >= 0.6 is 95.6 Å². The molecule has 12 heteroatoms. The summed E-state index contributed by atoms with van der Waals surface area (Å²) in [5, 5.41) is 0. The standard InChI is InChI=1S/C14H8Br6N4O2/c15-5-1-9(19)11(3-7(5)17)21-23-13(25)14(26)24-22-12-4-8(18)6(16)2-10(12)20/h1-4,21-22H,(H,23,25)(H,24,26). The van der Waals surface area contributed by atoms with Crippen LogP contribution in [0.4, 0.5) is 11.4 Å². The highest BCUT2D eigenvalue weighted by Crippen LogP contribution is 2.33. The number of amides is 2. The van der Waals surface area contributed by atoms with Crippen LogP contribution < -0.4 is 21.7 Å². The number of benzene rings is 2. The van der Waals surface area contributed by atoms with Crippen molar-refractivity contribution < 1.29 is 9.59 Å². The van der Waals surface area contributed by atoms with Gasteiger partial charge in [-0.05, 0) is 120 Å². The molecule has 0 saturated heterocycles. The van der Waals surface area contributed by atoms with E-state index in [2.05, 4.69) is 117 Å². The molecule has 6 nitrogen and oxygen atoms in total. The molecule has 138 valence electrons. The van der Waals surface area contributed by atoms with Crippen LogP contribution in [0.3, 0.4) is 0 Å². The van der Waals surface area contributed by atoms with Crippen molar-refractivity contribution in [2.45, 2.75) is 0 Å². The van der Waals surface area contributed by atoms with E-state index in [0.29, 0.717) is 20.3 Å². The van der Waals surface area contributed by atoms with Crippen molar-refractivity contribution in [1.82, 2.24) is 10.9 Å². The summed E-state index contributed by atoms with van der Waals surface area (Å²) in [6.45, 7) is 0. The molecule has 0 saturated carbocycles. The van der Waals surface area contributed by atoms with E-state index in [0.717, 1.165) is 17.9 Å². The van der Waals surface area contributed by atoms with Gasteiger partial charge in [0.1, 0.15) is 0 Å². The van der Waals surface area contributed by atoms with Gasteiger partial charge < -0.3 is 0 Å². The van der Waals surface area contributed by atoms with Gasteiger partial charge >= 0.3 is 11.8 Å². The number of carbonyl (C=O) groups excluding carboxylic acids is 2. The number of carbonyl (C=O) groups is 2. The average Bonchev–Trinajstić information content (AvgIpc) is 2.58. The van der Waals surface area contributed by atoms with E-state index in [1.165, 1.54) is 0 Å². The minimum atomic E-state index is -0.865. The van der Waals surface area contributed by atoms with Gasteiger partial charge in [-0.3, -0.25) is 31.3 Å². The largest absolute Gasteiger partial charge is 0.329 e. The molecule has 0 atom stereocenters. The van der Waals surface area contributed by atoms with Crippen molar-refractivity contribution in [3.05, 3.63) is 51.1 Å². The Balaban J connectivity index is 1.93. The second kappa shape index (κ2) is 9.87. The maximum Gasteiger partial charge on any atom is 0.329 e. The number of hydrogen-bond acceptors (Lipinski definition) is 4. The second-order valence-electron chi connectivity index (χ2n) is 4.65. The first kappa shape index (κ1) is 22.2. The number of hydrogen-bond donors (Lipinski definition) is 4. The maximum absolute atomic E-state index is 11.9. The molecule has 2 aromatic carbocycles. The molecule has 2 aromatic rings. The van der Waals surface area contributed by atoms with Crippen LogP contribution in [0.15, 0.2) is 51.1 Å². The molecular weight excluding hydrogens is 736 g/mol. The summed E-state index contributed by atoms with van der Waals surface area (Å²) in [7, 11) is 0. The van der Waals surface area contributed by atoms with Crippen molar-refractivity contribution in [3.8, 4) is 0 Å². The van der Waals surface area contributed by atoms with E-state index in [1.54, 1.807) is 24.3 Å². The van der Waals surface area contributed by atoms with Crippen LogP contribution in [0.2, 0.25) is 0 Å². The zero-order valence-electron chi connectivity index (χ0n) is 12.4. The van der Waals surface area contributed by atoms with E-state index in [-0.39, 0.29) is 0 Å². The van der Waals surface area contributed by atoms with Gasteiger partial charge in [-0.15, -0.1) is 0 Å². The Bertz CT molecular complexity index is 806. The van der Waals surface area contributed by atoms with E-state index >= 15 is 0 Å². The van der Waals surface area contributed by atoms with Gasteiger partial charge in [0.25, 0.3) is 0 Å². The summed E-state index contributed by atoms with van der Waals surface area (Å²) in [5.74, 6) is -1.73. The minimum absolute atomic E-state index is 0.578. The average molecular weight is 744 g/mol. The smallest absolute Gasteiger partial charge is 0.297 e. The third-order valence-electron chi connectivity index (χ3n) is 2.85. The molecule has 0 fully saturated rings. The molecule has 0 bridgehead atoms. The van der Waals surface area contributed by atoms with Crippen molar-refractivity contribution in [1.29, 1.82) is 0 Å². The Kier molecular flexibility index (Phi) is 8.41. The van der Waals surface area contributed by atoms with Crippen LogP contribution in [0.5, 0.6) is 0 Å². The lowest BCUT2D eigenvalue weighted by Crippen LogP contribution is -2.44. The van der Waals surface area contributed by atoms with Crippen molar-refractivity contribution in [2.24, 2.45) is 0 Å². The molecule has 0 heterocycles. The fourth-order valence-corrected chi connectivity index (χ4v) is 4.47. The lowest BCUT2D eigenvalue weighted by Gasteiger charge is -2.13. The zero-order chi connectivity index (χ0) is 19.4. The first-order valence-corrected chi connectivity index (χ1v) is 11.4. The summed E-state index contributed by atoms with van der Waals surface area (Å²) < 4.78 is 4.66. The SMILES string of the molecule is O=C(NNc1cc(Br)c(Br)cc1Br)C(=O)NNc1cc(Br)c(Br)cc1Br. The lowest BCUT2D eigenvalue weighted by molar-refractivity contribution is -0.138. The topological polar surface area (TPSA) is 82.3 Å². The van der Waals surface area contributed by atoms with Gasteiger partial charge in [0.2, 0.25) is 0 Å². The van der Waals surface area contributed by atoms with Crippen LogP contribution in [0, 0.1) is 0 Å². The van der Waals surface area contributed by atoms with Crippen LogP contribution in [0.1, 0.15) is 0 Å². The summed E-state index contributed by atoms with van der Waals surface area (Å²) in [5.41, 5.74) is 11.2. The molecular formula is C14H8Br6N4O2. The second-order valence-corrected chi connectivity index (χ2v) is 9.78. The molecule has 0 spiro atoms. The van der Waals surface area contributed by atoms with Crippen molar-refractivity contribution in [2.75, 3.05) is 10.9 Å². The van der Waals surface area contributed by atoms with Crippen molar-refractivity contribution >= 4 is 119 Å². The minimum Gasteiger partial charge on any atom is -0.297 e. The number of anilines is 2.